The third-order valence-electron chi connectivity index (χ3n) is 5.01. The molecule has 2 aromatic heterocycles. The van der Waals surface area contributed by atoms with E-state index in [1.54, 1.807) is 4.52 Å². The van der Waals surface area contributed by atoms with Gasteiger partial charge in [-0.3, -0.25) is 0 Å². The predicted octanol–water partition coefficient (Wildman–Crippen LogP) is 2.86. The van der Waals surface area contributed by atoms with Gasteiger partial charge in [0.2, 0.25) is 0 Å². The van der Waals surface area contributed by atoms with Crippen LogP contribution in [0.25, 0.3) is 12.2 Å². The molecule has 29 heavy (non-hydrogen) atoms. The first kappa shape index (κ1) is 20.8. The highest BCUT2D eigenvalue weighted by atomic mass is 16.6. The maximum atomic E-state index is 12.7. The smallest absolute Gasteiger partial charge is 0.347 e. The summed E-state index contributed by atoms with van der Waals surface area (Å²) >= 11 is 0. The number of aryl methyl sites for hydroxylation is 3. The fourth-order valence-corrected chi connectivity index (χ4v) is 3.15. The number of hydrogen-bond acceptors (Lipinski definition) is 6. The number of rotatable bonds is 7. The van der Waals surface area contributed by atoms with Gasteiger partial charge < -0.3 is 9.47 Å². The molecule has 0 bridgehead atoms. The predicted molar refractivity (Wildman–Crippen MR) is 111 cm³/mol. The lowest BCUT2D eigenvalue weighted by molar-refractivity contribution is -0.153. The van der Waals surface area contributed by atoms with E-state index in [1.807, 2.05) is 59.7 Å². The summed E-state index contributed by atoms with van der Waals surface area (Å²) in [6, 6.07) is 5.88. The van der Waals surface area contributed by atoms with Crippen LogP contribution in [-0.2, 0) is 14.9 Å². The van der Waals surface area contributed by atoms with E-state index in [4.69, 9.17) is 9.47 Å². The molecule has 0 spiro atoms. The highest BCUT2D eigenvalue weighted by Gasteiger charge is 2.31. The Balaban J connectivity index is 1.71. The zero-order valence-electron chi connectivity index (χ0n) is 17.9. The number of fused-ring (bicyclic) bond motifs is 1. The van der Waals surface area contributed by atoms with E-state index in [0.29, 0.717) is 23.6 Å². The van der Waals surface area contributed by atoms with Crippen molar-refractivity contribution >= 4 is 18.2 Å². The second-order valence-corrected chi connectivity index (χ2v) is 8.10. The first-order chi connectivity index (χ1) is 13.6. The number of aromatic nitrogens is 4. The summed E-state index contributed by atoms with van der Waals surface area (Å²) < 4.78 is 13.2. The first-order valence-corrected chi connectivity index (χ1v) is 9.75. The van der Waals surface area contributed by atoms with Gasteiger partial charge in [-0.15, -0.1) is 10.2 Å². The summed E-state index contributed by atoms with van der Waals surface area (Å²) in [6.45, 7) is 15.8. The summed E-state index contributed by atoms with van der Waals surface area (Å²) in [5.41, 5.74) is 2.99. The second-order valence-electron chi connectivity index (χ2n) is 8.10. The number of carbonyl (C=O) groups excluding carboxylic acids is 1. The molecule has 154 valence electrons. The molecule has 0 amide bonds. The van der Waals surface area contributed by atoms with Crippen molar-refractivity contribution in [2.24, 2.45) is 0 Å². The highest BCUT2D eigenvalue weighted by molar-refractivity contribution is 5.75. The van der Waals surface area contributed by atoms with Crippen LogP contribution in [0.15, 0.2) is 18.2 Å². The Morgan fingerprint density at radius 2 is 1.97 bits per heavy atom. The van der Waals surface area contributed by atoms with Crippen LogP contribution in [0.4, 0.5) is 0 Å². The van der Waals surface area contributed by atoms with Gasteiger partial charge >= 0.3 is 5.97 Å². The average Bonchev–Trinajstić information content (AvgIpc) is 3.20. The van der Waals surface area contributed by atoms with Crippen LogP contribution in [0.1, 0.15) is 49.8 Å². The standard InChI is InChI=1S/C22H28N4O3/c1-8-17(29-18-10-9-13(2)11-14(18)3)20(27)28-12-22(6,7)21-24-23-19-15(4)16(5)25-26(19)21/h9-11,17H,4,8,12H2,1-3,5-7H3. The molecular weight excluding hydrogens is 368 g/mol. The summed E-state index contributed by atoms with van der Waals surface area (Å²) in [5, 5.41) is 13.6. The Morgan fingerprint density at radius 1 is 1.24 bits per heavy atom. The maximum Gasteiger partial charge on any atom is 0.347 e. The molecule has 7 nitrogen and oxygen atoms in total. The zero-order chi connectivity index (χ0) is 21.3. The van der Waals surface area contributed by atoms with E-state index in [-0.39, 0.29) is 6.61 Å². The van der Waals surface area contributed by atoms with Crippen LogP contribution >= 0.6 is 0 Å². The maximum absolute atomic E-state index is 12.7. The van der Waals surface area contributed by atoms with Crippen LogP contribution in [0.3, 0.4) is 0 Å². The van der Waals surface area contributed by atoms with Crippen LogP contribution in [0, 0.1) is 20.8 Å². The number of esters is 1. The van der Waals surface area contributed by atoms with Crippen LogP contribution in [0.2, 0.25) is 0 Å². The molecule has 1 unspecified atom stereocenters. The van der Waals surface area contributed by atoms with Crippen molar-refractivity contribution in [1.82, 2.24) is 19.8 Å². The van der Waals surface area contributed by atoms with Gasteiger partial charge in [0.15, 0.2) is 17.6 Å². The monoisotopic (exact) mass is 396 g/mol. The first-order valence-electron chi connectivity index (χ1n) is 9.75. The van der Waals surface area contributed by atoms with Crippen molar-refractivity contribution in [2.45, 2.75) is 59.5 Å². The quantitative estimate of drug-likeness (QED) is 0.572. The van der Waals surface area contributed by atoms with Crippen LogP contribution in [0.5, 0.6) is 5.75 Å². The number of benzene rings is 1. The van der Waals surface area contributed by atoms with Crippen molar-refractivity contribution in [3.8, 4) is 5.75 Å². The number of carbonyl (C=O) groups is 1. The van der Waals surface area contributed by atoms with Crippen molar-refractivity contribution in [2.75, 3.05) is 6.61 Å². The fraction of sp³-hybridized carbons (Fsp3) is 0.455. The highest BCUT2D eigenvalue weighted by Crippen LogP contribution is 2.24. The normalized spacial score (nSPS) is 12.9. The average molecular weight is 396 g/mol. The van der Waals surface area contributed by atoms with Gasteiger partial charge in [0.05, 0.1) is 11.1 Å². The molecule has 0 aliphatic rings. The third kappa shape index (κ3) is 4.09. The molecule has 0 fully saturated rings. The number of nitrogens with zero attached hydrogens (tertiary/aromatic N) is 4. The second kappa shape index (κ2) is 7.81. The molecule has 0 aliphatic carbocycles. The van der Waals surface area contributed by atoms with Crippen molar-refractivity contribution < 1.29 is 14.3 Å². The SMILES string of the molecule is C=c1c(C)nn2c(C(C)(C)COC(=O)C(CC)Oc3ccc(C)cc3C)nnc12. The summed E-state index contributed by atoms with van der Waals surface area (Å²) in [4.78, 5) is 12.7. The molecule has 0 saturated carbocycles. The van der Waals surface area contributed by atoms with Crippen LogP contribution < -0.4 is 9.96 Å². The molecule has 3 aromatic rings. The third-order valence-corrected chi connectivity index (χ3v) is 5.01. The Kier molecular flexibility index (Phi) is 5.59. The minimum atomic E-state index is -0.670. The van der Waals surface area contributed by atoms with Gasteiger partial charge in [-0.1, -0.05) is 31.2 Å². The van der Waals surface area contributed by atoms with E-state index in [0.717, 1.165) is 22.0 Å². The van der Waals surface area contributed by atoms with Crippen LogP contribution in [-0.4, -0.2) is 38.5 Å². The minimum absolute atomic E-state index is 0.137. The molecule has 1 aromatic carbocycles. The molecule has 1 atom stereocenters. The van der Waals surface area contributed by atoms with Gasteiger partial charge in [-0.2, -0.15) is 9.61 Å². The van der Waals surface area contributed by atoms with Crippen molar-refractivity contribution in [1.29, 1.82) is 0 Å². The fourth-order valence-electron chi connectivity index (χ4n) is 3.15. The van der Waals surface area contributed by atoms with E-state index in [2.05, 4.69) is 21.9 Å². The van der Waals surface area contributed by atoms with E-state index < -0.39 is 17.5 Å². The zero-order valence-corrected chi connectivity index (χ0v) is 17.9. The Hall–Kier alpha value is -2.96. The lowest BCUT2D eigenvalue weighted by Gasteiger charge is -2.24. The Labute approximate surface area is 170 Å². The van der Waals surface area contributed by atoms with Gasteiger partial charge in [-0.05, 0) is 52.7 Å². The van der Waals surface area contributed by atoms with E-state index >= 15 is 0 Å². The number of hydrogen-bond donors (Lipinski definition) is 0. The van der Waals surface area contributed by atoms with Crippen molar-refractivity contribution in [3.05, 3.63) is 46.1 Å². The molecule has 3 rings (SSSR count). The molecule has 2 heterocycles. The molecule has 7 heteroatoms. The van der Waals surface area contributed by atoms with Gasteiger partial charge in [0.25, 0.3) is 0 Å². The van der Waals surface area contributed by atoms with Gasteiger partial charge in [-0.25, -0.2) is 4.79 Å². The Morgan fingerprint density at radius 3 is 2.62 bits per heavy atom. The summed E-state index contributed by atoms with van der Waals surface area (Å²) in [7, 11) is 0. The molecule has 0 aliphatic heterocycles. The molecule has 0 radical (unpaired) electrons. The Bertz CT molecular complexity index is 1090. The lowest BCUT2D eigenvalue weighted by Crippen LogP contribution is -2.34. The minimum Gasteiger partial charge on any atom is -0.478 e. The number of ether oxygens (including phenoxy) is 2. The van der Waals surface area contributed by atoms with E-state index in [9.17, 15) is 4.79 Å². The van der Waals surface area contributed by atoms with Gasteiger partial charge in [0, 0.05) is 5.22 Å². The van der Waals surface area contributed by atoms with Crippen molar-refractivity contribution in [3.63, 3.8) is 0 Å². The summed E-state index contributed by atoms with van der Waals surface area (Å²) in [6.07, 6.45) is -0.160. The summed E-state index contributed by atoms with van der Waals surface area (Å²) in [5.74, 6) is 0.921. The topological polar surface area (TPSA) is 78.6 Å². The lowest BCUT2D eigenvalue weighted by atomic mass is 9.94. The molecule has 0 N–H and O–H groups in total. The van der Waals surface area contributed by atoms with Gasteiger partial charge in [0.1, 0.15) is 12.4 Å². The largest absolute Gasteiger partial charge is 0.478 e. The van der Waals surface area contributed by atoms with E-state index in [1.165, 1.54) is 0 Å². The molecular formula is C22H28N4O3. The molecule has 0 saturated heterocycles.